The van der Waals surface area contributed by atoms with Gasteiger partial charge in [-0.05, 0) is 24.6 Å². The Hall–Kier alpha value is -1.40. The fourth-order valence-corrected chi connectivity index (χ4v) is 2.36. The summed E-state index contributed by atoms with van der Waals surface area (Å²) >= 11 is 3.35. The maximum atomic E-state index is 11.7. The van der Waals surface area contributed by atoms with Crippen LogP contribution in [0.2, 0.25) is 0 Å². The van der Waals surface area contributed by atoms with Gasteiger partial charge in [-0.3, -0.25) is 9.59 Å². The molecule has 0 aliphatic carbocycles. The van der Waals surface area contributed by atoms with Crippen LogP contribution < -0.4 is 16.0 Å². The molecule has 0 aromatic heterocycles. The fraction of sp³-hybridized carbons (Fsp3) is 0.385. The van der Waals surface area contributed by atoms with E-state index in [0.717, 1.165) is 16.6 Å². The summed E-state index contributed by atoms with van der Waals surface area (Å²) < 4.78 is 0.923. The molecule has 0 spiro atoms. The Morgan fingerprint density at radius 3 is 3.00 bits per heavy atom. The minimum atomic E-state index is -0.0950. The maximum absolute atomic E-state index is 11.7. The predicted octanol–water partition coefficient (Wildman–Crippen LogP) is 1.26. The first-order valence-electron chi connectivity index (χ1n) is 6.19. The number of nitrogens with one attached hydrogen (secondary N) is 3. The summed E-state index contributed by atoms with van der Waals surface area (Å²) in [7, 11) is 0. The van der Waals surface area contributed by atoms with Gasteiger partial charge < -0.3 is 16.0 Å². The van der Waals surface area contributed by atoms with Gasteiger partial charge >= 0.3 is 0 Å². The molecule has 1 atom stereocenters. The third kappa shape index (κ3) is 4.65. The highest BCUT2D eigenvalue weighted by Crippen LogP contribution is 2.15. The van der Waals surface area contributed by atoms with Crippen molar-refractivity contribution in [2.75, 3.05) is 18.4 Å². The highest BCUT2D eigenvalue weighted by molar-refractivity contribution is 9.10. The van der Waals surface area contributed by atoms with Crippen LogP contribution in [0.3, 0.4) is 0 Å². The summed E-state index contributed by atoms with van der Waals surface area (Å²) in [4.78, 5) is 22.7. The highest BCUT2D eigenvalue weighted by Gasteiger charge is 2.20. The molecule has 1 unspecified atom stereocenters. The molecule has 1 fully saturated rings. The van der Waals surface area contributed by atoms with Crippen LogP contribution in [0.4, 0.5) is 5.69 Å². The SMILES string of the molecule is O=C(CNCC1CCC(=O)N1)Nc1cccc(Br)c1. The summed E-state index contributed by atoms with van der Waals surface area (Å²) in [5.74, 6) is -0.00666. The smallest absolute Gasteiger partial charge is 0.238 e. The van der Waals surface area contributed by atoms with Crippen molar-refractivity contribution in [2.24, 2.45) is 0 Å². The quantitative estimate of drug-likeness (QED) is 0.763. The number of halogens is 1. The topological polar surface area (TPSA) is 70.2 Å². The molecular formula is C13H16BrN3O2. The third-order valence-corrected chi connectivity index (χ3v) is 3.36. The first-order valence-corrected chi connectivity index (χ1v) is 6.98. The normalized spacial score (nSPS) is 18.2. The molecule has 0 bridgehead atoms. The molecule has 102 valence electrons. The van der Waals surface area contributed by atoms with E-state index in [4.69, 9.17) is 0 Å². The molecule has 1 heterocycles. The number of hydrogen-bond acceptors (Lipinski definition) is 3. The van der Waals surface area contributed by atoms with E-state index in [9.17, 15) is 9.59 Å². The molecular weight excluding hydrogens is 310 g/mol. The number of hydrogen-bond donors (Lipinski definition) is 3. The van der Waals surface area contributed by atoms with E-state index in [-0.39, 0.29) is 24.4 Å². The summed E-state index contributed by atoms with van der Waals surface area (Å²) in [6, 6.07) is 7.58. The number of rotatable bonds is 5. The van der Waals surface area contributed by atoms with Crippen molar-refractivity contribution in [1.82, 2.24) is 10.6 Å². The summed E-state index contributed by atoms with van der Waals surface area (Å²) in [5, 5.41) is 8.69. The summed E-state index contributed by atoms with van der Waals surface area (Å²) in [6.45, 7) is 0.858. The molecule has 5 nitrogen and oxygen atoms in total. The second kappa shape index (κ2) is 6.68. The lowest BCUT2D eigenvalue weighted by molar-refractivity contribution is -0.119. The Morgan fingerprint density at radius 1 is 1.47 bits per heavy atom. The molecule has 19 heavy (non-hydrogen) atoms. The average molecular weight is 326 g/mol. The van der Waals surface area contributed by atoms with Gasteiger partial charge in [0.05, 0.1) is 6.54 Å². The van der Waals surface area contributed by atoms with Crippen LogP contribution in [0.5, 0.6) is 0 Å². The number of benzene rings is 1. The van der Waals surface area contributed by atoms with E-state index in [1.165, 1.54) is 0 Å². The van der Waals surface area contributed by atoms with E-state index in [1.54, 1.807) is 0 Å². The molecule has 0 saturated carbocycles. The average Bonchev–Trinajstić information content (AvgIpc) is 2.75. The molecule has 0 radical (unpaired) electrons. The van der Waals surface area contributed by atoms with Gasteiger partial charge in [0.25, 0.3) is 0 Å². The van der Waals surface area contributed by atoms with Crippen molar-refractivity contribution >= 4 is 33.4 Å². The Bertz CT molecular complexity index is 479. The second-order valence-corrected chi connectivity index (χ2v) is 5.41. The van der Waals surface area contributed by atoms with Gasteiger partial charge in [0, 0.05) is 29.2 Å². The molecule has 1 aliphatic heterocycles. The van der Waals surface area contributed by atoms with Crippen molar-refractivity contribution in [3.05, 3.63) is 28.7 Å². The maximum Gasteiger partial charge on any atom is 0.238 e. The molecule has 1 aromatic rings. The van der Waals surface area contributed by atoms with Crippen LogP contribution in [0.25, 0.3) is 0 Å². The Morgan fingerprint density at radius 2 is 2.32 bits per heavy atom. The zero-order valence-corrected chi connectivity index (χ0v) is 12.0. The van der Waals surface area contributed by atoms with Crippen molar-refractivity contribution in [3.63, 3.8) is 0 Å². The van der Waals surface area contributed by atoms with Crippen molar-refractivity contribution < 1.29 is 9.59 Å². The van der Waals surface area contributed by atoms with Gasteiger partial charge in [-0.15, -0.1) is 0 Å². The van der Waals surface area contributed by atoms with Crippen LogP contribution in [0, 0.1) is 0 Å². The number of amides is 2. The van der Waals surface area contributed by atoms with Crippen LogP contribution in [-0.4, -0.2) is 30.9 Å². The van der Waals surface area contributed by atoms with E-state index in [1.807, 2.05) is 24.3 Å². The van der Waals surface area contributed by atoms with Crippen LogP contribution in [0.1, 0.15) is 12.8 Å². The van der Waals surface area contributed by atoms with Gasteiger partial charge in [0.1, 0.15) is 0 Å². The molecule has 2 rings (SSSR count). The van der Waals surface area contributed by atoms with E-state index in [0.29, 0.717) is 13.0 Å². The van der Waals surface area contributed by atoms with Gasteiger partial charge in [-0.25, -0.2) is 0 Å². The van der Waals surface area contributed by atoms with E-state index in [2.05, 4.69) is 31.9 Å². The first kappa shape index (κ1) is 14.0. The standard InChI is InChI=1S/C13H16BrN3O2/c14-9-2-1-3-10(6-9)16-13(19)8-15-7-11-4-5-12(18)17-11/h1-3,6,11,15H,4-5,7-8H2,(H,16,19)(H,17,18). The Kier molecular flexibility index (Phi) is 4.93. The van der Waals surface area contributed by atoms with Crippen LogP contribution in [-0.2, 0) is 9.59 Å². The fourth-order valence-electron chi connectivity index (χ4n) is 1.96. The predicted molar refractivity (Wildman–Crippen MR) is 76.8 cm³/mol. The zero-order chi connectivity index (χ0) is 13.7. The first-order chi connectivity index (χ1) is 9.13. The lowest BCUT2D eigenvalue weighted by Gasteiger charge is -2.11. The Balaban J connectivity index is 1.68. The van der Waals surface area contributed by atoms with Gasteiger partial charge in [0.15, 0.2) is 0 Å². The van der Waals surface area contributed by atoms with Crippen molar-refractivity contribution in [2.45, 2.75) is 18.9 Å². The van der Waals surface area contributed by atoms with Gasteiger partial charge in [-0.2, -0.15) is 0 Å². The Labute approximate surface area is 120 Å². The molecule has 2 amide bonds. The second-order valence-electron chi connectivity index (χ2n) is 4.49. The van der Waals surface area contributed by atoms with Crippen molar-refractivity contribution in [3.8, 4) is 0 Å². The molecule has 1 aliphatic rings. The largest absolute Gasteiger partial charge is 0.352 e. The summed E-state index contributed by atoms with van der Waals surface area (Å²) in [6.07, 6.45) is 1.41. The number of anilines is 1. The van der Waals surface area contributed by atoms with Gasteiger partial charge in [-0.1, -0.05) is 22.0 Å². The van der Waals surface area contributed by atoms with E-state index >= 15 is 0 Å². The van der Waals surface area contributed by atoms with E-state index < -0.39 is 0 Å². The number of carbonyl (C=O) groups is 2. The minimum absolute atomic E-state index is 0.0883. The lowest BCUT2D eigenvalue weighted by atomic mass is 10.2. The molecule has 1 saturated heterocycles. The van der Waals surface area contributed by atoms with Gasteiger partial charge in [0.2, 0.25) is 11.8 Å². The minimum Gasteiger partial charge on any atom is -0.352 e. The molecule has 6 heteroatoms. The third-order valence-electron chi connectivity index (χ3n) is 2.87. The molecule has 3 N–H and O–H groups in total. The van der Waals surface area contributed by atoms with Crippen LogP contribution in [0.15, 0.2) is 28.7 Å². The highest BCUT2D eigenvalue weighted by atomic mass is 79.9. The zero-order valence-electron chi connectivity index (χ0n) is 10.4. The number of carbonyl (C=O) groups excluding carboxylic acids is 2. The summed E-state index contributed by atoms with van der Waals surface area (Å²) in [5.41, 5.74) is 0.760. The monoisotopic (exact) mass is 325 g/mol. The van der Waals surface area contributed by atoms with Crippen LogP contribution >= 0.6 is 15.9 Å². The molecule has 1 aromatic carbocycles. The lowest BCUT2D eigenvalue weighted by Crippen LogP contribution is -2.38. The van der Waals surface area contributed by atoms with Crippen molar-refractivity contribution in [1.29, 1.82) is 0 Å².